The van der Waals surface area contributed by atoms with E-state index >= 15 is 0 Å². The van der Waals surface area contributed by atoms with Crippen molar-refractivity contribution in [3.8, 4) is 0 Å². The maximum atomic E-state index is 13.2. The van der Waals surface area contributed by atoms with Crippen molar-refractivity contribution in [3.05, 3.63) is 53.1 Å². The van der Waals surface area contributed by atoms with Crippen molar-refractivity contribution in [2.45, 2.75) is 24.7 Å². The Kier molecular flexibility index (Phi) is 8.43. The van der Waals surface area contributed by atoms with Gasteiger partial charge in [0.05, 0.1) is 22.9 Å². The quantitative estimate of drug-likeness (QED) is 0.371. The lowest BCUT2D eigenvalue weighted by atomic mass is 10.2. The molecular formula is C24H28ClN3O2S2. The van der Waals surface area contributed by atoms with Crippen LogP contribution in [-0.4, -0.2) is 60.9 Å². The summed E-state index contributed by atoms with van der Waals surface area (Å²) in [7, 11) is 0. The lowest BCUT2D eigenvalue weighted by Gasteiger charge is -2.27. The monoisotopic (exact) mass is 489 g/mol. The van der Waals surface area contributed by atoms with Gasteiger partial charge in [0.1, 0.15) is 5.52 Å². The lowest BCUT2D eigenvalue weighted by molar-refractivity contribution is -0.118. The van der Waals surface area contributed by atoms with Crippen LogP contribution >= 0.6 is 34.7 Å². The Labute approximate surface area is 202 Å². The Bertz CT molecular complexity index is 1040. The van der Waals surface area contributed by atoms with E-state index in [1.54, 1.807) is 11.8 Å². The van der Waals surface area contributed by atoms with E-state index in [0.29, 0.717) is 18.0 Å². The molecule has 0 spiro atoms. The Morgan fingerprint density at radius 3 is 2.75 bits per heavy atom. The number of nitrogens with zero attached hydrogens (tertiary/aromatic N) is 3. The summed E-state index contributed by atoms with van der Waals surface area (Å²) in [5.41, 5.74) is 2.01. The van der Waals surface area contributed by atoms with Crippen molar-refractivity contribution in [2.75, 3.05) is 50.0 Å². The van der Waals surface area contributed by atoms with Crippen LogP contribution in [0, 0.1) is 6.92 Å². The number of amides is 1. The number of aromatic nitrogens is 1. The molecule has 0 atom stereocenters. The van der Waals surface area contributed by atoms with Crippen molar-refractivity contribution >= 4 is 56.0 Å². The predicted octanol–water partition coefficient (Wildman–Crippen LogP) is 5.50. The predicted molar refractivity (Wildman–Crippen MR) is 135 cm³/mol. The van der Waals surface area contributed by atoms with Gasteiger partial charge < -0.3 is 4.74 Å². The van der Waals surface area contributed by atoms with E-state index in [2.05, 4.69) is 36.1 Å². The first kappa shape index (κ1) is 23.5. The van der Waals surface area contributed by atoms with Crippen molar-refractivity contribution in [3.63, 3.8) is 0 Å². The van der Waals surface area contributed by atoms with E-state index in [4.69, 9.17) is 21.3 Å². The molecule has 2 aromatic carbocycles. The number of para-hydroxylation sites is 1. The zero-order chi connectivity index (χ0) is 22.3. The number of thiazole rings is 1. The van der Waals surface area contributed by atoms with Gasteiger partial charge in [-0.3, -0.25) is 14.6 Å². The van der Waals surface area contributed by atoms with Crippen LogP contribution in [-0.2, 0) is 9.53 Å². The van der Waals surface area contributed by atoms with Crippen molar-refractivity contribution in [1.29, 1.82) is 0 Å². The van der Waals surface area contributed by atoms with Crippen molar-refractivity contribution in [1.82, 2.24) is 9.88 Å². The second kappa shape index (κ2) is 11.5. The van der Waals surface area contributed by atoms with Gasteiger partial charge in [-0.15, -0.1) is 11.8 Å². The Morgan fingerprint density at radius 2 is 2.00 bits per heavy atom. The molecule has 0 N–H and O–H groups in total. The van der Waals surface area contributed by atoms with Gasteiger partial charge in [-0.2, -0.15) is 0 Å². The summed E-state index contributed by atoms with van der Waals surface area (Å²) in [5, 5.41) is 1.36. The number of benzene rings is 2. The molecule has 0 saturated carbocycles. The van der Waals surface area contributed by atoms with E-state index < -0.39 is 0 Å². The number of rotatable bonds is 9. The van der Waals surface area contributed by atoms with E-state index in [0.717, 1.165) is 60.4 Å². The molecule has 0 aliphatic carbocycles. The number of ether oxygens (including phenoxy) is 1. The minimum absolute atomic E-state index is 0.113. The molecule has 8 heteroatoms. The lowest BCUT2D eigenvalue weighted by Crippen LogP contribution is -2.39. The van der Waals surface area contributed by atoms with E-state index in [9.17, 15) is 4.79 Å². The Hall–Kier alpha value is -1.64. The molecule has 170 valence electrons. The van der Waals surface area contributed by atoms with Gasteiger partial charge in [0.25, 0.3) is 0 Å². The van der Waals surface area contributed by atoms with E-state index in [1.165, 1.54) is 21.8 Å². The smallest absolute Gasteiger partial charge is 0.229 e. The van der Waals surface area contributed by atoms with Gasteiger partial charge in [-0.05, 0) is 37.6 Å². The molecule has 32 heavy (non-hydrogen) atoms. The molecule has 1 aromatic heterocycles. The van der Waals surface area contributed by atoms with Crippen LogP contribution in [0.25, 0.3) is 10.2 Å². The fraction of sp³-hybridized carbons (Fsp3) is 0.417. The normalized spacial score (nSPS) is 14.7. The first-order valence-electron chi connectivity index (χ1n) is 10.9. The Balaban J connectivity index is 1.42. The van der Waals surface area contributed by atoms with E-state index in [-0.39, 0.29) is 5.91 Å². The number of aryl methyl sites for hydroxylation is 1. The highest BCUT2D eigenvalue weighted by Crippen LogP contribution is 2.33. The molecule has 0 unspecified atom stereocenters. The fourth-order valence-corrected chi connectivity index (χ4v) is 5.80. The molecule has 3 aromatic rings. The zero-order valence-corrected chi connectivity index (χ0v) is 20.6. The van der Waals surface area contributed by atoms with Gasteiger partial charge >= 0.3 is 0 Å². The molecule has 0 bridgehead atoms. The van der Waals surface area contributed by atoms with Crippen LogP contribution in [0.3, 0.4) is 0 Å². The van der Waals surface area contributed by atoms with Crippen LogP contribution in [0.4, 0.5) is 5.13 Å². The minimum Gasteiger partial charge on any atom is -0.379 e. The van der Waals surface area contributed by atoms with Gasteiger partial charge in [-0.25, -0.2) is 4.98 Å². The maximum absolute atomic E-state index is 13.2. The summed E-state index contributed by atoms with van der Waals surface area (Å²) in [6, 6.07) is 14.2. The molecule has 0 radical (unpaired) electrons. The standard InChI is InChI=1S/C24H28ClN3O2S2/c1-18-6-8-19(9-7-18)31-17-10-22(29)28(12-3-11-27-13-15-30-16-14-27)24-26-23-20(25)4-2-5-21(23)32-24/h2,4-9H,3,10-17H2,1H3. The summed E-state index contributed by atoms with van der Waals surface area (Å²) in [4.78, 5) is 23.4. The molecular weight excluding hydrogens is 462 g/mol. The number of carbonyl (C=O) groups excluding carboxylic acids is 1. The number of hydrogen-bond acceptors (Lipinski definition) is 6. The van der Waals surface area contributed by atoms with Gasteiger partial charge in [0.2, 0.25) is 5.91 Å². The van der Waals surface area contributed by atoms with Gasteiger partial charge in [0.15, 0.2) is 5.13 Å². The third-order valence-electron chi connectivity index (χ3n) is 5.46. The number of anilines is 1. The minimum atomic E-state index is 0.113. The number of thioether (sulfide) groups is 1. The molecule has 1 fully saturated rings. The molecule has 2 heterocycles. The molecule has 1 saturated heterocycles. The molecule has 1 aliphatic rings. The van der Waals surface area contributed by atoms with Crippen molar-refractivity contribution in [2.24, 2.45) is 0 Å². The van der Waals surface area contributed by atoms with Crippen LogP contribution < -0.4 is 4.90 Å². The highest BCUT2D eigenvalue weighted by Gasteiger charge is 2.21. The van der Waals surface area contributed by atoms with Gasteiger partial charge in [0, 0.05) is 43.2 Å². The zero-order valence-electron chi connectivity index (χ0n) is 18.3. The number of fused-ring (bicyclic) bond motifs is 1. The third kappa shape index (κ3) is 6.23. The first-order chi connectivity index (χ1) is 15.6. The largest absolute Gasteiger partial charge is 0.379 e. The highest BCUT2D eigenvalue weighted by atomic mass is 35.5. The van der Waals surface area contributed by atoms with Crippen LogP contribution in [0.1, 0.15) is 18.4 Å². The third-order valence-corrected chi connectivity index (χ3v) is 7.82. The maximum Gasteiger partial charge on any atom is 0.229 e. The van der Waals surface area contributed by atoms with Crippen molar-refractivity contribution < 1.29 is 9.53 Å². The fourth-order valence-electron chi connectivity index (χ4n) is 3.65. The summed E-state index contributed by atoms with van der Waals surface area (Å²) in [6.07, 6.45) is 1.38. The molecule has 1 amide bonds. The molecule has 1 aliphatic heterocycles. The summed E-state index contributed by atoms with van der Waals surface area (Å²) in [6.45, 7) is 7.18. The average Bonchev–Trinajstić information content (AvgIpc) is 3.24. The summed E-state index contributed by atoms with van der Waals surface area (Å²) < 4.78 is 6.44. The highest BCUT2D eigenvalue weighted by molar-refractivity contribution is 7.99. The topological polar surface area (TPSA) is 45.7 Å². The summed E-state index contributed by atoms with van der Waals surface area (Å²) in [5.74, 6) is 0.856. The van der Waals surface area contributed by atoms with Crippen LogP contribution in [0.2, 0.25) is 5.02 Å². The second-order valence-electron chi connectivity index (χ2n) is 7.85. The average molecular weight is 490 g/mol. The summed E-state index contributed by atoms with van der Waals surface area (Å²) >= 11 is 9.59. The number of carbonyl (C=O) groups is 1. The first-order valence-corrected chi connectivity index (χ1v) is 13.1. The molecule has 5 nitrogen and oxygen atoms in total. The van der Waals surface area contributed by atoms with Gasteiger partial charge in [-0.1, -0.05) is 46.7 Å². The number of halogens is 1. The number of hydrogen-bond donors (Lipinski definition) is 0. The number of morpholine rings is 1. The van der Waals surface area contributed by atoms with Crippen LogP contribution in [0.15, 0.2) is 47.4 Å². The SMILES string of the molecule is Cc1ccc(SCCC(=O)N(CCCN2CCOCC2)c2nc3c(Cl)cccc3s2)cc1. The molecule has 4 rings (SSSR count). The second-order valence-corrected chi connectivity index (χ2v) is 10.4. The Morgan fingerprint density at radius 1 is 1.22 bits per heavy atom. The van der Waals surface area contributed by atoms with E-state index in [1.807, 2.05) is 23.1 Å². The van der Waals surface area contributed by atoms with Crippen LogP contribution in [0.5, 0.6) is 0 Å².